The van der Waals surface area contributed by atoms with Gasteiger partial charge in [0, 0.05) is 6.07 Å². The van der Waals surface area contributed by atoms with E-state index in [2.05, 4.69) is 47.8 Å². The van der Waals surface area contributed by atoms with Gasteiger partial charge in [-0.25, -0.2) is 0 Å². The van der Waals surface area contributed by atoms with Gasteiger partial charge in [-0.05, 0) is 71.6 Å². The second kappa shape index (κ2) is 6.30. The minimum absolute atomic E-state index is 0.0754. The normalized spacial score (nSPS) is 11.0. The summed E-state index contributed by atoms with van der Waals surface area (Å²) in [5.74, 6) is 0.662. The second-order valence-corrected chi connectivity index (χ2v) is 7.31. The van der Waals surface area contributed by atoms with Crippen LogP contribution in [0.4, 0.5) is 0 Å². The number of ether oxygens (including phenoxy) is 1. The number of benzene rings is 2. The van der Waals surface area contributed by atoms with Crippen molar-refractivity contribution in [2.75, 3.05) is 7.11 Å². The average molecular weight is 505 g/mol. The van der Waals surface area contributed by atoms with Crippen LogP contribution in [0.5, 0.6) is 11.5 Å². The lowest BCUT2D eigenvalue weighted by Gasteiger charge is -2.08. The summed E-state index contributed by atoms with van der Waals surface area (Å²) in [6.07, 6.45) is 1.41. The fourth-order valence-corrected chi connectivity index (χ4v) is 3.90. The van der Waals surface area contributed by atoms with Crippen molar-refractivity contribution in [1.29, 1.82) is 0 Å². The van der Waals surface area contributed by atoms with E-state index in [9.17, 15) is 9.90 Å². The van der Waals surface area contributed by atoms with Gasteiger partial charge in [0.2, 0.25) is 5.43 Å². The average Bonchev–Trinajstić information content (AvgIpc) is 2.52. The zero-order chi connectivity index (χ0) is 16.7. The standard InChI is InChI=1S/C16H9Br3O4/c1-22-14-5-13-8(4-10(14)17)15(20)9(6-23-13)7-2-11(18)16(21)12(19)3-7/h2-6,21H,1H3. The van der Waals surface area contributed by atoms with Gasteiger partial charge in [-0.3, -0.25) is 4.79 Å². The third kappa shape index (κ3) is 2.93. The van der Waals surface area contributed by atoms with E-state index in [1.54, 1.807) is 31.4 Å². The van der Waals surface area contributed by atoms with E-state index in [0.29, 0.717) is 41.3 Å². The maximum atomic E-state index is 12.8. The lowest BCUT2D eigenvalue weighted by Crippen LogP contribution is -2.05. The summed E-state index contributed by atoms with van der Waals surface area (Å²) in [6.45, 7) is 0. The van der Waals surface area contributed by atoms with Crippen LogP contribution in [0.2, 0.25) is 0 Å². The van der Waals surface area contributed by atoms with E-state index in [4.69, 9.17) is 9.15 Å². The molecule has 0 unspecified atom stereocenters. The maximum Gasteiger partial charge on any atom is 0.200 e. The summed E-state index contributed by atoms with van der Waals surface area (Å²) < 4.78 is 12.4. The maximum absolute atomic E-state index is 12.8. The predicted molar refractivity (Wildman–Crippen MR) is 99.2 cm³/mol. The molecule has 0 atom stereocenters. The van der Waals surface area contributed by atoms with Gasteiger partial charge in [0.15, 0.2) is 0 Å². The second-order valence-electron chi connectivity index (χ2n) is 4.75. The Morgan fingerprint density at radius 1 is 1.04 bits per heavy atom. The molecule has 3 rings (SSSR count). The van der Waals surface area contributed by atoms with Crippen molar-refractivity contribution in [3.63, 3.8) is 0 Å². The van der Waals surface area contributed by atoms with E-state index < -0.39 is 0 Å². The van der Waals surface area contributed by atoms with Crippen molar-refractivity contribution in [3.05, 3.63) is 54.2 Å². The van der Waals surface area contributed by atoms with Crippen LogP contribution in [0.15, 0.2) is 53.2 Å². The van der Waals surface area contributed by atoms with Crippen LogP contribution in [-0.4, -0.2) is 12.2 Å². The quantitative estimate of drug-likeness (QED) is 0.503. The number of fused-ring (bicyclic) bond motifs is 1. The van der Waals surface area contributed by atoms with Crippen molar-refractivity contribution in [3.8, 4) is 22.6 Å². The van der Waals surface area contributed by atoms with Crippen LogP contribution < -0.4 is 10.2 Å². The van der Waals surface area contributed by atoms with Crippen LogP contribution >= 0.6 is 47.8 Å². The predicted octanol–water partition coefficient (Wildman–Crippen LogP) is 5.46. The molecule has 118 valence electrons. The first-order valence-electron chi connectivity index (χ1n) is 6.39. The topological polar surface area (TPSA) is 59.7 Å². The monoisotopic (exact) mass is 502 g/mol. The number of hydrogen-bond acceptors (Lipinski definition) is 4. The van der Waals surface area contributed by atoms with E-state index in [-0.39, 0.29) is 11.2 Å². The Morgan fingerprint density at radius 2 is 1.70 bits per heavy atom. The molecule has 0 aliphatic rings. The molecule has 1 aromatic heterocycles. The number of methoxy groups -OCH3 is 1. The number of aromatic hydroxyl groups is 1. The molecule has 23 heavy (non-hydrogen) atoms. The van der Waals surface area contributed by atoms with Crippen molar-refractivity contribution in [2.24, 2.45) is 0 Å². The number of phenolic OH excluding ortho intramolecular Hbond substituents is 1. The highest BCUT2D eigenvalue weighted by Gasteiger charge is 2.14. The molecule has 3 aromatic rings. The summed E-state index contributed by atoms with van der Waals surface area (Å²) in [4.78, 5) is 12.8. The number of rotatable bonds is 2. The van der Waals surface area contributed by atoms with Gasteiger partial charge in [0.05, 0.1) is 31.5 Å². The van der Waals surface area contributed by atoms with Gasteiger partial charge < -0.3 is 14.3 Å². The molecule has 1 heterocycles. The molecule has 0 spiro atoms. The number of hydrogen-bond donors (Lipinski definition) is 1. The van der Waals surface area contributed by atoms with Gasteiger partial charge in [0.1, 0.15) is 23.3 Å². The van der Waals surface area contributed by atoms with Crippen molar-refractivity contribution in [2.45, 2.75) is 0 Å². The molecule has 0 amide bonds. The highest BCUT2D eigenvalue weighted by Crippen LogP contribution is 2.37. The third-order valence-electron chi connectivity index (χ3n) is 3.37. The lowest BCUT2D eigenvalue weighted by atomic mass is 10.1. The van der Waals surface area contributed by atoms with Gasteiger partial charge in [-0.1, -0.05) is 0 Å². The summed E-state index contributed by atoms with van der Waals surface area (Å²) >= 11 is 9.90. The Balaban J connectivity index is 2.28. The Kier molecular flexibility index (Phi) is 4.53. The molecule has 0 saturated heterocycles. The molecule has 2 aromatic carbocycles. The number of halogens is 3. The van der Waals surface area contributed by atoms with Crippen molar-refractivity contribution < 1.29 is 14.3 Å². The van der Waals surface area contributed by atoms with Gasteiger partial charge >= 0.3 is 0 Å². The van der Waals surface area contributed by atoms with Gasteiger partial charge in [0.25, 0.3) is 0 Å². The minimum atomic E-state index is -0.168. The molecule has 0 saturated carbocycles. The van der Waals surface area contributed by atoms with Crippen LogP contribution in [0.25, 0.3) is 22.1 Å². The molecule has 0 aliphatic heterocycles. The zero-order valence-corrected chi connectivity index (χ0v) is 16.5. The highest BCUT2D eigenvalue weighted by molar-refractivity contribution is 9.11. The van der Waals surface area contributed by atoms with Crippen molar-refractivity contribution >= 4 is 58.8 Å². The SMILES string of the molecule is COc1cc2occ(-c3cc(Br)c(O)c(Br)c3)c(=O)c2cc1Br. The van der Waals surface area contributed by atoms with Crippen LogP contribution in [0.3, 0.4) is 0 Å². The Labute approximate surface area is 156 Å². The molecular weight excluding hydrogens is 496 g/mol. The van der Waals surface area contributed by atoms with Crippen LogP contribution in [0.1, 0.15) is 0 Å². The molecule has 0 fully saturated rings. The van der Waals surface area contributed by atoms with E-state index in [1.807, 2.05) is 0 Å². The first kappa shape index (κ1) is 16.5. The van der Waals surface area contributed by atoms with Crippen LogP contribution in [-0.2, 0) is 0 Å². The highest BCUT2D eigenvalue weighted by atomic mass is 79.9. The van der Waals surface area contributed by atoms with E-state index in [1.165, 1.54) is 6.26 Å². The first-order valence-corrected chi connectivity index (χ1v) is 8.77. The lowest BCUT2D eigenvalue weighted by molar-refractivity contribution is 0.411. The minimum Gasteiger partial charge on any atom is -0.506 e. The summed E-state index contributed by atoms with van der Waals surface area (Å²) in [5.41, 5.74) is 1.30. The molecule has 1 N–H and O–H groups in total. The molecule has 0 bridgehead atoms. The zero-order valence-electron chi connectivity index (χ0n) is 11.7. The molecule has 0 aliphatic carbocycles. The Morgan fingerprint density at radius 3 is 2.30 bits per heavy atom. The molecule has 4 nitrogen and oxygen atoms in total. The Hall–Kier alpha value is -1.31. The van der Waals surface area contributed by atoms with E-state index >= 15 is 0 Å². The van der Waals surface area contributed by atoms with Crippen molar-refractivity contribution in [1.82, 2.24) is 0 Å². The molecule has 0 radical (unpaired) electrons. The van der Waals surface area contributed by atoms with Gasteiger partial charge in [-0.2, -0.15) is 0 Å². The molecular formula is C16H9Br3O4. The van der Waals surface area contributed by atoms with Gasteiger partial charge in [-0.15, -0.1) is 0 Å². The molecule has 7 heteroatoms. The third-order valence-corrected chi connectivity index (χ3v) is 5.20. The largest absolute Gasteiger partial charge is 0.506 e. The Bertz CT molecular complexity index is 956. The van der Waals surface area contributed by atoms with E-state index in [0.717, 1.165) is 0 Å². The first-order chi connectivity index (χ1) is 10.9. The van der Waals surface area contributed by atoms with Crippen LogP contribution in [0, 0.1) is 0 Å². The summed E-state index contributed by atoms with van der Waals surface area (Å²) in [5, 5.41) is 10.2. The summed E-state index contributed by atoms with van der Waals surface area (Å²) in [6, 6.07) is 6.66. The fourth-order valence-electron chi connectivity index (χ4n) is 2.21. The number of phenols is 1. The smallest absolute Gasteiger partial charge is 0.200 e. The summed E-state index contributed by atoms with van der Waals surface area (Å²) in [7, 11) is 1.55. The fraction of sp³-hybridized carbons (Fsp3) is 0.0625.